The molecule has 92 valence electrons. The normalized spacial score (nSPS) is 9.50. The van der Waals surface area contributed by atoms with E-state index in [1.807, 2.05) is 0 Å². The third kappa shape index (κ3) is 6.99. The van der Waals surface area contributed by atoms with E-state index in [0.717, 1.165) is 12.2 Å². The second-order valence-corrected chi connectivity index (χ2v) is 2.88. The van der Waals surface area contributed by atoms with E-state index in [1.165, 1.54) is 0 Å². The molecule has 0 fully saturated rings. The van der Waals surface area contributed by atoms with E-state index >= 15 is 0 Å². The van der Waals surface area contributed by atoms with Crippen molar-refractivity contribution < 1.29 is 30.0 Å². The summed E-state index contributed by atoms with van der Waals surface area (Å²) < 4.78 is 0. The first-order valence-electron chi connectivity index (χ1n) is 4.23. The van der Waals surface area contributed by atoms with Gasteiger partial charge in [-0.3, -0.25) is 4.79 Å². The van der Waals surface area contributed by atoms with E-state index in [1.54, 1.807) is 0 Å². The fourth-order valence-corrected chi connectivity index (χ4v) is 0.391. The maximum absolute atomic E-state index is 9.86. The monoisotopic (exact) mass is 233 g/mol. The highest BCUT2D eigenvalue weighted by molar-refractivity contribution is 5.90. The van der Waals surface area contributed by atoms with Gasteiger partial charge in [-0.1, -0.05) is 6.58 Å². The number of amides is 1. The molecule has 0 radical (unpaired) electrons. The van der Waals surface area contributed by atoms with Crippen LogP contribution in [0.4, 0.5) is 0 Å². The number of hydrogen-bond acceptors (Lipinski definition) is 6. The zero-order valence-electron chi connectivity index (χ0n) is 8.67. The van der Waals surface area contributed by atoms with Gasteiger partial charge in [0.2, 0.25) is 6.08 Å². The predicted molar refractivity (Wildman–Crippen MR) is 54.1 cm³/mol. The Kier molecular flexibility index (Phi) is 10.8. The van der Waals surface area contributed by atoms with E-state index in [9.17, 15) is 9.59 Å². The average molecular weight is 233 g/mol. The molecule has 1 amide bonds. The van der Waals surface area contributed by atoms with Crippen LogP contribution in [0.3, 0.4) is 0 Å². The van der Waals surface area contributed by atoms with Gasteiger partial charge < -0.3 is 20.4 Å². The SMILES string of the molecule is C=CC(=O)N=C=O.OCC(CO)(CO)CO. The zero-order chi connectivity index (χ0) is 13.0. The molecule has 0 aromatic carbocycles. The Morgan fingerprint density at radius 2 is 1.56 bits per heavy atom. The number of isocyanates is 1. The molecule has 0 unspecified atom stereocenters. The van der Waals surface area contributed by atoms with E-state index < -0.39 is 37.7 Å². The number of carbonyl (C=O) groups is 1. The summed E-state index contributed by atoms with van der Waals surface area (Å²) in [4.78, 5) is 21.8. The van der Waals surface area contributed by atoms with Gasteiger partial charge in [0, 0.05) is 0 Å². The minimum atomic E-state index is -1.11. The Bertz CT molecular complexity index is 237. The number of aliphatic hydroxyl groups excluding tert-OH is 4. The molecule has 0 saturated heterocycles. The lowest BCUT2D eigenvalue weighted by Gasteiger charge is -2.23. The first-order valence-corrected chi connectivity index (χ1v) is 4.23. The molecule has 7 heteroatoms. The van der Waals surface area contributed by atoms with Gasteiger partial charge in [-0.05, 0) is 6.08 Å². The second-order valence-electron chi connectivity index (χ2n) is 2.88. The maximum Gasteiger partial charge on any atom is 0.279 e. The van der Waals surface area contributed by atoms with E-state index in [4.69, 9.17) is 20.4 Å². The second kappa shape index (κ2) is 10.2. The van der Waals surface area contributed by atoms with Gasteiger partial charge in [-0.15, -0.1) is 4.99 Å². The third-order valence-electron chi connectivity index (χ3n) is 1.67. The summed E-state index contributed by atoms with van der Waals surface area (Å²) in [6.45, 7) is 1.43. The maximum atomic E-state index is 9.86. The molecule has 4 N–H and O–H groups in total. The number of rotatable bonds is 5. The van der Waals surface area contributed by atoms with Crippen molar-refractivity contribution in [3.63, 3.8) is 0 Å². The summed E-state index contributed by atoms with van der Waals surface area (Å²) in [5.74, 6) is -0.657. The molecule has 0 spiro atoms. The molecule has 0 aliphatic carbocycles. The Morgan fingerprint density at radius 1 is 1.19 bits per heavy atom. The highest BCUT2D eigenvalue weighted by atomic mass is 16.3. The van der Waals surface area contributed by atoms with Crippen LogP contribution >= 0.6 is 0 Å². The summed E-state index contributed by atoms with van der Waals surface area (Å²) in [6, 6.07) is 0. The number of hydrogen-bond donors (Lipinski definition) is 4. The van der Waals surface area contributed by atoms with Gasteiger partial charge in [0.25, 0.3) is 5.91 Å². The quantitative estimate of drug-likeness (QED) is 0.246. The molecular formula is C9H15NO6. The number of carbonyl (C=O) groups excluding carboxylic acids is 2. The number of nitrogens with zero attached hydrogens (tertiary/aromatic N) is 1. The largest absolute Gasteiger partial charge is 0.396 e. The van der Waals surface area contributed by atoms with Gasteiger partial charge in [0.15, 0.2) is 0 Å². The Hall–Kier alpha value is -1.37. The van der Waals surface area contributed by atoms with E-state index in [2.05, 4.69) is 11.6 Å². The zero-order valence-corrected chi connectivity index (χ0v) is 8.67. The molecule has 0 aliphatic rings. The Labute approximate surface area is 92.4 Å². The fraction of sp³-hybridized carbons (Fsp3) is 0.556. The summed E-state index contributed by atoms with van der Waals surface area (Å²) >= 11 is 0. The van der Waals surface area contributed by atoms with Gasteiger partial charge >= 0.3 is 0 Å². The van der Waals surface area contributed by atoms with Crippen LogP contribution < -0.4 is 0 Å². The lowest BCUT2D eigenvalue weighted by molar-refractivity contribution is -0.113. The highest BCUT2D eigenvalue weighted by Gasteiger charge is 2.26. The fourth-order valence-electron chi connectivity index (χ4n) is 0.391. The minimum Gasteiger partial charge on any atom is -0.396 e. The lowest BCUT2D eigenvalue weighted by Crippen LogP contribution is -2.37. The summed E-state index contributed by atoms with van der Waals surface area (Å²) in [6.07, 6.45) is 2.01. The van der Waals surface area contributed by atoms with Crippen LogP contribution in [0.15, 0.2) is 17.6 Å². The van der Waals surface area contributed by atoms with Crippen molar-refractivity contribution in [1.29, 1.82) is 0 Å². The number of aliphatic hydroxyl groups is 4. The standard InChI is InChI=1S/C5H12O4.C4H3NO2/c6-1-5(2-7,3-8)4-9;1-2-4(7)5-3-6/h6-9H,1-4H2;2H,1H2. The molecule has 0 bridgehead atoms. The average Bonchev–Trinajstić information content (AvgIpc) is 2.34. The first kappa shape index (κ1) is 17.0. The lowest BCUT2D eigenvalue weighted by atomic mass is 9.93. The van der Waals surface area contributed by atoms with Gasteiger partial charge in [-0.25, -0.2) is 4.79 Å². The Balaban J connectivity index is 0. The third-order valence-corrected chi connectivity index (χ3v) is 1.67. The van der Waals surface area contributed by atoms with Gasteiger partial charge in [0.05, 0.1) is 31.8 Å². The van der Waals surface area contributed by atoms with Crippen LogP contribution in [0, 0.1) is 5.41 Å². The molecule has 0 aliphatic heterocycles. The van der Waals surface area contributed by atoms with Crippen molar-refractivity contribution in [3.05, 3.63) is 12.7 Å². The van der Waals surface area contributed by atoms with E-state index in [-0.39, 0.29) is 0 Å². The molecule has 16 heavy (non-hydrogen) atoms. The van der Waals surface area contributed by atoms with Crippen molar-refractivity contribution >= 4 is 12.0 Å². The van der Waals surface area contributed by atoms with E-state index in [0.29, 0.717) is 0 Å². The first-order chi connectivity index (χ1) is 7.55. The summed E-state index contributed by atoms with van der Waals surface area (Å²) in [7, 11) is 0. The topological polar surface area (TPSA) is 127 Å². The predicted octanol–water partition coefficient (Wildman–Crippen LogP) is -2.02. The van der Waals surface area contributed by atoms with Crippen LogP contribution in [-0.4, -0.2) is 58.8 Å². The van der Waals surface area contributed by atoms with Crippen LogP contribution in [0.1, 0.15) is 0 Å². The summed E-state index contributed by atoms with van der Waals surface area (Å²) in [5.41, 5.74) is -1.11. The van der Waals surface area contributed by atoms with Crippen molar-refractivity contribution in [2.75, 3.05) is 26.4 Å². The van der Waals surface area contributed by atoms with Crippen LogP contribution in [-0.2, 0) is 9.59 Å². The molecule has 0 heterocycles. The van der Waals surface area contributed by atoms with Gasteiger partial charge in [0.1, 0.15) is 0 Å². The van der Waals surface area contributed by atoms with Crippen molar-refractivity contribution in [2.24, 2.45) is 10.4 Å². The molecule has 0 saturated carbocycles. The Morgan fingerprint density at radius 3 is 1.62 bits per heavy atom. The molecule has 7 nitrogen and oxygen atoms in total. The molecule has 0 aromatic heterocycles. The van der Waals surface area contributed by atoms with Crippen molar-refractivity contribution in [3.8, 4) is 0 Å². The smallest absolute Gasteiger partial charge is 0.279 e. The molecule has 0 atom stereocenters. The molecule has 0 rings (SSSR count). The van der Waals surface area contributed by atoms with Crippen LogP contribution in [0.25, 0.3) is 0 Å². The molecule has 0 aromatic rings. The van der Waals surface area contributed by atoms with Crippen molar-refractivity contribution in [2.45, 2.75) is 0 Å². The molecular weight excluding hydrogens is 218 g/mol. The van der Waals surface area contributed by atoms with Crippen LogP contribution in [0.5, 0.6) is 0 Å². The van der Waals surface area contributed by atoms with Gasteiger partial charge in [-0.2, -0.15) is 0 Å². The summed E-state index contributed by atoms with van der Waals surface area (Å²) in [5, 5.41) is 34.0. The van der Waals surface area contributed by atoms with Crippen LogP contribution in [0.2, 0.25) is 0 Å². The number of aliphatic imine (C=N–C) groups is 1. The highest BCUT2D eigenvalue weighted by Crippen LogP contribution is 2.11. The van der Waals surface area contributed by atoms with Crippen molar-refractivity contribution in [1.82, 2.24) is 0 Å². The minimum absolute atomic E-state index is 0.406.